The average molecular weight is 366 g/mol. The number of para-hydroxylation sites is 1. The highest BCUT2D eigenvalue weighted by Crippen LogP contribution is 2.34. The standard InChI is InChI=1S/C21H22N2O2S/c1-24-19-9-5-8-16-12-17(13-25-21(16)19)22-11-10-20-23-18(14-26-20)15-6-3-2-4-7-15/h2-9,14,17,22H,10-13H2,1H3/t17-/m0/s1. The minimum absolute atomic E-state index is 0.322. The first kappa shape index (κ1) is 17.1. The van der Waals surface area contributed by atoms with Gasteiger partial charge in [-0.25, -0.2) is 4.98 Å². The molecule has 1 atom stereocenters. The number of fused-ring (bicyclic) bond motifs is 1. The van der Waals surface area contributed by atoms with Crippen molar-refractivity contribution < 1.29 is 9.47 Å². The molecular formula is C21H22N2O2S. The highest BCUT2D eigenvalue weighted by molar-refractivity contribution is 7.09. The zero-order valence-corrected chi connectivity index (χ0v) is 15.6. The van der Waals surface area contributed by atoms with Gasteiger partial charge in [0, 0.05) is 30.0 Å². The SMILES string of the molecule is COc1cccc2c1OC[C@@H](NCCc1nc(-c3ccccc3)cs1)C2. The number of nitrogens with one attached hydrogen (secondary N) is 1. The van der Waals surface area contributed by atoms with Gasteiger partial charge in [0.1, 0.15) is 6.61 Å². The Morgan fingerprint density at radius 3 is 2.92 bits per heavy atom. The van der Waals surface area contributed by atoms with Gasteiger partial charge in [0.25, 0.3) is 0 Å². The molecule has 0 bridgehead atoms. The molecule has 0 aliphatic carbocycles. The van der Waals surface area contributed by atoms with Gasteiger partial charge in [-0.05, 0) is 18.1 Å². The van der Waals surface area contributed by atoms with Crippen LogP contribution in [-0.4, -0.2) is 31.3 Å². The summed E-state index contributed by atoms with van der Waals surface area (Å²) in [5.41, 5.74) is 3.44. The van der Waals surface area contributed by atoms with Gasteiger partial charge in [0.05, 0.1) is 17.8 Å². The summed E-state index contributed by atoms with van der Waals surface area (Å²) in [5, 5.41) is 6.90. The minimum Gasteiger partial charge on any atom is -0.493 e. The van der Waals surface area contributed by atoms with Gasteiger partial charge in [-0.15, -0.1) is 11.3 Å². The van der Waals surface area contributed by atoms with Crippen molar-refractivity contribution in [3.8, 4) is 22.8 Å². The van der Waals surface area contributed by atoms with E-state index in [2.05, 4.69) is 28.9 Å². The number of benzene rings is 2. The topological polar surface area (TPSA) is 43.4 Å². The van der Waals surface area contributed by atoms with Crippen LogP contribution in [0.4, 0.5) is 0 Å². The molecular weight excluding hydrogens is 344 g/mol. The van der Waals surface area contributed by atoms with Crippen LogP contribution in [0.15, 0.2) is 53.9 Å². The Balaban J connectivity index is 1.31. The Hall–Kier alpha value is -2.37. The van der Waals surface area contributed by atoms with Crippen LogP contribution in [0.3, 0.4) is 0 Å². The predicted octanol–water partition coefficient (Wildman–Crippen LogP) is 3.95. The molecule has 5 heteroatoms. The third kappa shape index (κ3) is 3.74. The van der Waals surface area contributed by atoms with E-state index in [4.69, 9.17) is 14.5 Å². The molecule has 0 radical (unpaired) electrons. The summed E-state index contributed by atoms with van der Waals surface area (Å²) >= 11 is 1.73. The van der Waals surface area contributed by atoms with E-state index < -0.39 is 0 Å². The maximum absolute atomic E-state index is 5.92. The molecule has 4 rings (SSSR count). The largest absolute Gasteiger partial charge is 0.493 e. The van der Waals surface area contributed by atoms with Gasteiger partial charge in [0.15, 0.2) is 11.5 Å². The summed E-state index contributed by atoms with van der Waals surface area (Å²) in [6, 6.07) is 16.7. The van der Waals surface area contributed by atoms with Gasteiger partial charge >= 0.3 is 0 Å². The van der Waals surface area contributed by atoms with E-state index in [9.17, 15) is 0 Å². The molecule has 0 fully saturated rings. The van der Waals surface area contributed by atoms with Crippen molar-refractivity contribution in [2.45, 2.75) is 18.9 Å². The summed E-state index contributed by atoms with van der Waals surface area (Å²) in [7, 11) is 1.68. The smallest absolute Gasteiger partial charge is 0.164 e. The van der Waals surface area contributed by atoms with E-state index in [1.54, 1.807) is 18.4 Å². The lowest BCUT2D eigenvalue weighted by molar-refractivity contribution is 0.228. The highest BCUT2D eigenvalue weighted by Gasteiger charge is 2.22. The predicted molar refractivity (Wildman–Crippen MR) is 105 cm³/mol. The fourth-order valence-electron chi connectivity index (χ4n) is 3.24. The van der Waals surface area contributed by atoms with Crippen molar-refractivity contribution in [3.63, 3.8) is 0 Å². The minimum atomic E-state index is 0.322. The first-order chi connectivity index (χ1) is 12.8. The second-order valence-corrected chi connectivity index (χ2v) is 7.30. The second-order valence-electron chi connectivity index (χ2n) is 6.36. The summed E-state index contributed by atoms with van der Waals surface area (Å²) in [5.74, 6) is 1.71. The van der Waals surface area contributed by atoms with E-state index >= 15 is 0 Å². The van der Waals surface area contributed by atoms with Crippen molar-refractivity contribution in [2.75, 3.05) is 20.3 Å². The number of nitrogens with zero attached hydrogens (tertiary/aromatic N) is 1. The van der Waals surface area contributed by atoms with E-state index in [-0.39, 0.29) is 0 Å². The molecule has 2 aromatic carbocycles. The Morgan fingerprint density at radius 1 is 1.19 bits per heavy atom. The van der Waals surface area contributed by atoms with Crippen LogP contribution in [0.25, 0.3) is 11.3 Å². The number of rotatable bonds is 6. The normalized spacial score (nSPS) is 16.0. The number of aromatic nitrogens is 1. The Bertz CT molecular complexity index is 863. The summed E-state index contributed by atoms with van der Waals surface area (Å²) in [6.45, 7) is 1.57. The second kappa shape index (κ2) is 7.89. The summed E-state index contributed by atoms with van der Waals surface area (Å²) in [4.78, 5) is 4.75. The van der Waals surface area contributed by atoms with Crippen molar-refractivity contribution >= 4 is 11.3 Å². The fraction of sp³-hybridized carbons (Fsp3) is 0.286. The Morgan fingerprint density at radius 2 is 2.08 bits per heavy atom. The lowest BCUT2D eigenvalue weighted by Gasteiger charge is -2.27. The molecule has 26 heavy (non-hydrogen) atoms. The quantitative estimate of drug-likeness (QED) is 0.717. The lowest BCUT2D eigenvalue weighted by atomic mass is 10.0. The summed E-state index contributed by atoms with van der Waals surface area (Å²) < 4.78 is 11.3. The first-order valence-electron chi connectivity index (χ1n) is 8.85. The van der Waals surface area contributed by atoms with Crippen LogP contribution >= 0.6 is 11.3 Å². The van der Waals surface area contributed by atoms with Crippen LogP contribution in [0.2, 0.25) is 0 Å². The van der Waals surface area contributed by atoms with Crippen molar-refractivity contribution in [1.82, 2.24) is 10.3 Å². The third-order valence-corrected chi connectivity index (χ3v) is 5.48. The molecule has 0 unspecified atom stereocenters. The fourth-order valence-corrected chi connectivity index (χ4v) is 4.04. The van der Waals surface area contributed by atoms with Gasteiger partial charge in [0.2, 0.25) is 0 Å². The van der Waals surface area contributed by atoms with Crippen molar-refractivity contribution in [3.05, 3.63) is 64.5 Å². The molecule has 0 saturated heterocycles. The highest BCUT2D eigenvalue weighted by atomic mass is 32.1. The van der Waals surface area contributed by atoms with Crippen LogP contribution in [0.5, 0.6) is 11.5 Å². The van der Waals surface area contributed by atoms with E-state index in [0.29, 0.717) is 12.6 Å². The van der Waals surface area contributed by atoms with Crippen LogP contribution < -0.4 is 14.8 Å². The van der Waals surface area contributed by atoms with Crippen LogP contribution in [0, 0.1) is 0 Å². The van der Waals surface area contributed by atoms with Gasteiger partial charge in [-0.1, -0.05) is 42.5 Å². The molecule has 1 aromatic heterocycles. The Labute approximate surface area is 157 Å². The van der Waals surface area contributed by atoms with Crippen molar-refractivity contribution in [2.24, 2.45) is 0 Å². The zero-order chi connectivity index (χ0) is 17.8. The van der Waals surface area contributed by atoms with Gasteiger partial charge in [-0.2, -0.15) is 0 Å². The Kier molecular flexibility index (Phi) is 5.18. The zero-order valence-electron chi connectivity index (χ0n) is 14.8. The number of thiazole rings is 1. The molecule has 134 valence electrons. The third-order valence-electron chi connectivity index (χ3n) is 4.57. The van der Waals surface area contributed by atoms with Crippen LogP contribution in [0.1, 0.15) is 10.6 Å². The molecule has 0 amide bonds. The number of hydrogen-bond acceptors (Lipinski definition) is 5. The number of methoxy groups -OCH3 is 1. The maximum Gasteiger partial charge on any atom is 0.164 e. The van der Waals surface area contributed by atoms with Gasteiger partial charge < -0.3 is 14.8 Å². The van der Waals surface area contributed by atoms with E-state index in [1.807, 2.05) is 30.3 Å². The van der Waals surface area contributed by atoms with Gasteiger partial charge in [-0.3, -0.25) is 0 Å². The first-order valence-corrected chi connectivity index (χ1v) is 9.73. The molecule has 1 aliphatic heterocycles. The molecule has 3 aromatic rings. The van der Waals surface area contributed by atoms with E-state index in [0.717, 1.165) is 41.6 Å². The number of ether oxygens (including phenoxy) is 2. The van der Waals surface area contributed by atoms with Crippen LogP contribution in [-0.2, 0) is 12.8 Å². The summed E-state index contributed by atoms with van der Waals surface area (Å²) in [6.07, 6.45) is 1.89. The maximum atomic E-state index is 5.92. The molecule has 4 nitrogen and oxygen atoms in total. The monoisotopic (exact) mass is 366 g/mol. The molecule has 0 spiro atoms. The molecule has 1 aliphatic rings. The molecule has 2 heterocycles. The van der Waals surface area contributed by atoms with E-state index in [1.165, 1.54) is 11.1 Å². The lowest BCUT2D eigenvalue weighted by Crippen LogP contribution is -2.40. The average Bonchev–Trinajstić information content (AvgIpc) is 3.17. The van der Waals surface area contributed by atoms with Crippen molar-refractivity contribution in [1.29, 1.82) is 0 Å². The molecule has 0 saturated carbocycles. The number of hydrogen-bond donors (Lipinski definition) is 1. The molecule has 1 N–H and O–H groups in total.